The highest BCUT2D eigenvalue weighted by atomic mass is 35.5. The summed E-state index contributed by atoms with van der Waals surface area (Å²) < 4.78 is 5.71. The van der Waals surface area contributed by atoms with Crippen molar-refractivity contribution in [1.29, 1.82) is 0 Å². The quantitative estimate of drug-likeness (QED) is 0.812. The fourth-order valence-electron chi connectivity index (χ4n) is 2.69. The summed E-state index contributed by atoms with van der Waals surface area (Å²) >= 11 is 5.66. The third kappa shape index (κ3) is 2.86. The minimum Gasteiger partial charge on any atom is -0.377 e. The number of aromatic nitrogens is 2. The van der Waals surface area contributed by atoms with Crippen molar-refractivity contribution in [2.24, 2.45) is 0 Å². The standard InChI is InChI=1S/C15H18ClN3O/c16-7-10-20-12-5-8-19(9-6-12)15-13-3-1-2-4-14(13)17-11-18-15/h1-4,11-12H,5-10H2. The molecule has 4 nitrogen and oxygen atoms in total. The van der Waals surface area contributed by atoms with Crippen LogP contribution in [0.25, 0.3) is 10.9 Å². The number of fused-ring (bicyclic) bond motifs is 1. The van der Waals surface area contributed by atoms with Crippen molar-refractivity contribution in [2.75, 3.05) is 30.5 Å². The number of hydrogen-bond acceptors (Lipinski definition) is 4. The van der Waals surface area contributed by atoms with E-state index in [1.165, 1.54) is 0 Å². The number of alkyl halides is 1. The fourth-order valence-corrected chi connectivity index (χ4v) is 2.78. The Kier molecular flexibility index (Phi) is 4.33. The van der Waals surface area contributed by atoms with Crippen LogP contribution in [0.5, 0.6) is 0 Å². The van der Waals surface area contributed by atoms with Crippen LogP contribution in [0.1, 0.15) is 12.8 Å². The predicted octanol–water partition coefficient (Wildman–Crippen LogP) is 2.85. The average Bonchev–Trinajstić information content (AvgIpc) is 2.53. The van der Waals surface area contributed by atoms with Gasteiger partial charge in [0.05, 0.1) is 18.2 Å². The lowest BCUT2D eigenvalue weighted by atomic mass is 10.1. The van der Waals surface area contributed by atoms with E-state index in [2.05, 4.69) is 20.9 Å². The summed E-state index contributed by atoms with van der Waals surface area (Å²) in [6.07, 6.45) is 4.02. The van der Waals surface area contributed by atoms with E-state index >= 15 is 0 Å². The number of hydrogen-bond donors (Lipinski definition) is 0. The normalized spacial score (nSPS) is 16.8. The minimum atomic E-state index is 0.332. The molecule has 1 aromatic heterocycles. The van der Waals surface area contributed by atoms with Gasteiger partial charge < -0.3 is 9.64 Å². The highest BCUT2D eigenvalue weighted by Crippen LogP contribution is 2.26. The molecule has 0 unspecified atom stereocenters. The lowest BCUT2D eigenvalue weighted by molar-refractivity contribution is 0.0471. The van der Waals surface area contributed by atoms with Crippen molar-refractivity contribution in [3.05, 3.63) is 30.6 Å². The zero-order chi connectivity index (χ0) is 13.8. The maximum absolute atomic E-state index is 5.71. The van der Waals surface area contributed by atoms with Crippen LogP contribution in [0.2, 0.25) is 0 Å². The number of rotatable bonds is 4. The van der Waals surface area contributed by atoms with Gasteiger partial charge in [-0.3, -0.25) is 0 Å². The average molecular weight is 292 g/mol. The Bertz CT molecular complexity index is 565. The lowest BCUT2D eigenvalue weighted by Gasteiger charge is -2.33. The molecule has 0 radical (unpaired) electrons. The number of piperidine rings is 1. The molecule has 0 N–H and O–H groups in total. The molecular formula is C15H18ClN3O. The van der Waals surface area contributed by atoms with Crippen molar-refractivity contribution in [2.45, 2.75) is 18.9 Å². The largest absolute Gasteiger partial charge is 0.377 e. The zero-order valence-electron chi connectivity index (χ0n) is 11.3. The number of para-hydroxylation sites is 1. The molecule has 2 heterocycles. The van der Waals surface area contributed by atoms with Crippen LogP contribution < -0.4 is 4.90 Å². The van der Waals surface area contributed by atoms with E-state index in [4.69, 9.17) is 16.3 Å². The molecular weight excluding hydrogens is 274 g/mol. The van der Waals surface area contributed by atoms with Gasteiger partial charge in [0.1, 0.15) is 12.1 Å². The van der Waals surface area contributed by atoms with Crippen molar-refractivity contribution < 1.29 is 4.74 Å². The molecule has 1 saturated heterocycles. The molecule has 0 saturated carbocycles. The van der Waals surface area contributed by atoms with E-state index in [9.17, 15) is 0 Å². The van der Waals surface area contributed by atoms with Crippen LogP contribution in [0.4, 0.5) is 5.82 Å². The summed E-state index contributed by atoms with van der Waals surface area (Å²) in [5, 5.41) is 1.12. The van der Waals surface area contributed by atoms with Crippen molar-refractivity contribution in [1.82, 2.24) is 9.97 Å². The molecule has 1 aromatic carbocycles. The van der Waals surface area contributed by atoms with Crippen molar-refractivity contribution >= 4 is 28.3 Å². The van der Waals surface area contributed by atoms with Gasteiger partial charge in [-0.15, -0.1) is 11.6 Å². The van der Waals surface area contributed by atoms with Crippen molar-refractivity contribution in [3.63, 3.8) is 0 Å². The molecule has 1 aliphatic rings. The monoisotopic (exact) mass is 291 g/mol. The number of halogens is 1. The van der Waals surface area contributed by atoms with E-state index in [1.807, 2.05) is 18.2 Å². The summed E-state index contributed by atoms with van der Waals surface area (Å²) in [6.45, 7) is 2.57. The second-order valence-electron chi connectivity index (χ2n) is 4.96. The minimum absolute atomic E-state index is 0.332. The van der Waals surface area contributed by atoms with Crippen LogP contribution in [0, 0.1) is 0 Å². The molecule has 3 rings (SSSR count). The Morgan fingerprint density at radius 1 is 1.20 bits per heavy atom. The Balaban J connectivity index is 1.74. The number of nitrogens with zero attached hydrogens (tertiary/aromatic N) is 3. The number of anilines is 1. The molecule has 1 aliphatic heterocycles. The lowest BCUT2D eigenvalue weighted by Crippen LogP contribution is -2.37. The number of benzene rings is 1. The Labute approximate surface area is 123 Å². The molecule has 0 atom stereocenters. The number of ether oxygens (including phenoxy) is 1. The summed E-state index contributed by atoms with van der Waals surface area (Å²) in [7, 11) is 0. The summed E-state index contributed by atoms with van der Waals surface area (Å²) in [5.74, 6) is 1.60. The molecule has 5 heteroatoms. The Hall–Kier alpha value is -1.39. The summed E-state index contributed by atoms with van der Waals surface area (Å²) in [4.78, 5) is 11.1. The third-order valence-electron chi connectivity index (χ3n) is 3.69. The third-order valence-corrected chi connectivity index (χ3v) is 3.85. The van der Waals surface area contributed by atoms with E-state index in [1.54, 1.807) is 6.33 Å². The topological polar surface area (TPSA) is 38.2 Å². The summed E-state index contributed by atoms with van der Waals surface area (Å²) in [5.41, 5.74) is 0.998. The van der Waals surface area contributed by atoms with Gasteiger partial charge in [0.25, 0.3) is 0 Å². The first-order valence-electron chi connectivity index (χ1n) is 7.01. The highest BCUT2D eigenvalue weighted by molar-refractivity contribution is 6.17. The molecule has 2 aromatic rings. The fraction of sp³-hybridized carbons (Fsp3) is 0.467. The smallest absolute Gasteiger partial charge is 0.139 e. The first-order valence-corrected chi connectivity index (χ1v) is 7.54. The van der Waals surface area contributed by atoms with Gasteiger partial charge in [-0.25, -0.2) is 9.97 Å². The molecule has 106 valence electrons. The maximum Gasteiger partial charge on any atom is 0.139 e. The molecule has 0 bridgehead atoms. The van der Waals surface area contributed by atoms with E-state index in [0.29, 0.717) is 18.6 Å². The van der Waals surface area contributed by atoms with E-state index in [0.717, 1.165) is 42.7 Å². The van der Waals surface area contributed by atoms with Crippen LogP contribution in [-0.2, 0) is 4.74 Å². The first kappa shape index (κ1) is 13.6. The first-order chi connectivity index (χ1) is 9.88. The summed E-state index contributed by atoms with van der Waals surface area (Å²) in [6, 6.07) is 8.15. The van der Waals surface area contributed by atoms with Gasteiger partial charge >= 0.3 is 0 Å². The highest BCUT2D eigenvalue weighted by Gasteiger charge is 2.21. The van der Waals surface area contributed by atoms with Crippen LogP contribution in [-0.4, -0.2) is 41.6 Å². The molecule has 0 aliphatic carbocycles. The van der Waals surface area contributed by atoms with Crippen LogP contribution in [0.15, 0.2) is 30.6 Å². The van der Waals surface area contributed by atoms with E-state index < -0.39 is 0 Å². The van der Waals surface area contributed by atoms with Gasteiger partial charge in [0.2, 0.25) is 0 Å². The van der Waals surface area contributed by atoms with Crippen LogP contribution in [0.3, 0.4) is 0 Å². The van der Waals surface area contributed by atoms with Gasteiger partial charge in [0, 0.05) is 24.4 Å². The SMILES string of the molecule is ClCCOC1CCN(c2ncnc3ccccc23)CC1. The molecule has 0 spiro atoms. The Morgan fingerprint density at radius 3 is 2.80 bits per heavy atom. The van der Waals surface area contributed by atoms with Crippen molar-refractivity contribution in [3.8, 4) is 0 Å². The molecule has 0 amide bonds. The van der Waals surface area contributed by atoms with Gasteiger partial charge in [-0.05, 0) is 25.0 Å². The van der Waals surface area contributed by atoms with Gasteiger partial charge in [-0.1, -0.05) is 12.1 Å². The van der Waals surface area contributed by atoms with E-state index in [-0.39, 0.29) is 0 Å². The van der Waals surface area contributed by atoms with Gasteiger partial charge in [0.15, 0.2) is 0 Å². The second kappa shape index (κ2) is 6.37. The zero-order valence-corrected chi connectivity index (χ0v) is 12.1. The second-order valence-corrected chi connectivity index (χ2v) is 5.34. The maximum atomic E-state index is 5.71. The van der Waals surface area contributed by atoms with Crippen LogP contribution >= 0.6 is 11.6 Å². The molecule has 20 heavy (non-hydrogen) atoms. The predicted molar refractivity (Wildman–Crippen MR) is 81.4 cm³/mol. The Morgan fingerprint density at radius 2 is 2.00 bits per heavy atom. The molecule has 1 fully saturated rings. The van der Waals surface area contributed by atoms with Gasteiger partial charge in [-0.2, -0.15) is 0 Å².